The highest BCUT2D eigenvalue weighted by molar-refractivity contribution is 5.49. The number of benzene rings is 1. The molecule has 0 saturated heterocycles. The molecule has 1 aromatic carbocycles. The standard InChI is InChI=1S/C15H14N4/c1-2-6-14(7-3-1)8-9-15(18-12-4-10-16-18)19-13-5-11-17-19/h1-13,15H/b9-8+. The first-order chi connectivity index (χ1) is 9.43. The van der Waals surface area contributed by atoms with Gasteiger partial charge in [0, 0.05) is 24.8 Å². The van der Waals surface area contributed by atoms with Crippen LogP contribution < -0.4 is 0 Å². The van der Waals surface area contributed by atoms with Crippen LogP contribution in [0.4, 0.5) is 0 Å². The van der Waals surface area contributed by atoms with Crippen LogP contribution in [0.25, 0.3) is 6.08 Å². The van der Waals surface area contributed by atoms with Gasteiger partial charge in [-0.1, -0.05) is 36.4 Å². The van der Waals surface area contributed by atoms with Crippen LogP contribution in [0.2, 0.25) is 0 Å². The maximum atomic E-state index is 4.29. The molecule has 0 N–H and O–H groups in total. The summed E-state index contributed by atoms with van der Waals surface area (Å²) < 4.78 is 3.74. The summed E-state index contributed by atoms with van der Waals surface area (Å²) in [6.45, 7) is 0. The molecular weight excluding hydrogens is 236 g/mol. The predicted octanol–water partition coefficient (Wildman–Crippen LogP) is 2.84. The number of hydrogen-bond donors (Lipinski definition) is 0. The lowest BCUT2D eigenvalue weighted by molar-refractivity contribution is 0.433. The summed E-state index contributed by atoms with van der Waals surface area (Å²) in [6, 6.07) is 14.0. The molecule has 0 atom stereocenters. The van der Waals surface area contributed by atoms with Crippen molar-refractivity contribution in [2.24, 2.45) is 0 Å². The van der Waals surface area contributed by atoms with Gasteiger partial charge in [-0.3, -0.25) is 0 Å². The Labute approximate surface area is 111 Å². The van der Waals surface area contributed by atoms with Crippen LogP contribution in [-0.2, 0) is 0 Å². The third-order valence-corrected chi connectivity index (χ3v) is 2.85. The second kappa shape index (κ2) is 5.35. The van der Waals surface area contributed by atoms with Crippen LogP contribution >= 0.6 is 0 Å². The van der Waals surface area contributed by atoms with Gasteiger partial charge in [0.15, 0.2) is 6.17 Å². The van der Waals surface area contributed by atoms with Crippen molar-refractivity contribution < 1.29 is 0 Å². The molecule has 0 saturated carbocycles. The largest absolute Gasteiger partial charge is 0.244 e. The topological polar surface area (TPSA) is 35.6 Å². The van der Waals surface area contributed by atoms with Gasteiger partial charge in [0.1, 0.15) is 0 Å². The lowest BCUT2D eigenvalue weighted by Gasteiger charge is -2.14. The zero-order valence-corrected chi connectivity index (χ0v) is 10.4. The number of hydrogen-bond acceptors (Lipinski definition) is 2. The van der Waals surface area contributed by atoms with Crippen molar-refractivity contribution in [3.8, 4) is 0 Å². The second-order valence-electron chi connectivity index (χ2n) is 4.16. The average molecular weight is 250 g/mol. The molecule has 2 aromatic heterocycles. The van der Waals surface area contributed by atoms with E-state index in [2.05, 4.69) is 34.5 Å². The lowest BCUT2D eigenvalue weighted by atomic mass is 10.2. The minimum atomic E-state index is -0.0507. The third-order valence-electron chi connectivity index (χ3n) is 2.85. The van der Waals surface area contributed by atoms with E-state index in [1.54, 1.807) is 12.4 Å². The van der Waals surface area contributed by atoms with Gasteiger partial charge in [0.25, 0.3) is 0 Å². The van der Waals surface area contributed by atoms with Crippen LogP contribution in [0.5, 0.6) is 0 Å². The average Bonchev–Trinajstić information content (AvgIpc) is 3.13. The number of aromatic nitrogens is 4. The maximum Gasteiger partial charge on any atom is 0.162 e. The summed E-state index contributed by atoms with van der Waals surface area (Å²) in [4.78, 5) is 0. The molecule has 0 amide bonds. The van der Waals surface area contributed by atoms with E-state index in [0.717, 1.165) is 5.56 Å². The van der Waals surface area contributed by atoms with Crippen molar-refractivity contribution in [2.75, 3.05) is 0 Å². The van der Waals surface area contributed by atoms with Gasteiger partial charge >= 0.3 is 0 Å². The molecule has 0 aliphatic rings. The molecule has 19 heavy (non-hydrogen) atoms. The van der Waals surface area contributed by atoms with Gasteiger partial charge in [-0.15, -0.1) is 0 Å². The van der Waals surface area contributed by atoms with Gasteiger partial charge < -0.3 is 0 Å². The molecule has 0 bridgehead atoms. The fraction of sp³-hybridized carbons (Fsp3) is 0.0667. The zero-order chi connectivity index (χ0) is 12.9. The summed E-state index contributed by atoms with van der Waals surface area (Å²) in [5.74, 6) is 0. The fourth-order valence-corrected chi connectivity index (χ4v) is 1.93. The predicted molar refractivity (Wildman–Crippen MR) is 74.4 cm³/mol. The van der Waals surface area contributed by atoms with Crippen molar-refractivity contribution in [2.45, 2.75) is 6.17 Å². The Morgan fingerprint density at radius 3 is 2.00 bits per heavy atom. The summed E-state index contributed by atoms with van der Waals surface area (Å²) in [5, 5.41) is 8.58. The Kier molecular flexibility index (Phi) is 3.23. The van der Waals surface area contributed by atoms with Crippen molar-refractivity contribution >= 4 is 6.08 Å². The first-order valence-corrected chi connectivity index (χ1v) is 6.15. The third kappa shape index (κ3) is 2.63. The van der Waals surface area contributed by atoms with Crippen LogP contribution in [0.3, 0.4) is 0 Å². The van der Waals surface area contributed by atoms with Gasteiger partial charge in [-0.25, -0.2) is 9.36 Å². The van der Waals surface area contributed by atoms with Crippen molar-refractivity contribution in [3.63, 3.8) is 0 Å². The van der Waals surface area contributed by atoms with E-state index in [0.29, 0.717) is 0 Å². The van der Waals surface area contributed by atoms with E-state index < -0.39 is 0 Å². The molecule has 0 fully saturated rings. The molecule has 4 heteroatoms. The summed E-state index contributed by atoms with van der Waals surface area (Å²) in [6.07, 6.45) is 11.5. The zero-order valence-electron chi connectivity index (χ0n) is 10.4. The number of rotatable bonds is 4. The SMILES string of the molecule is C(=C\C(n1cccn1)n1cccn1)/c1ccccc1. The highest BCUT2D eigenvalue weighted by atomic mass is 15.4. The van der Waals surface area contributed by atoms with Gasteiger partial charge in [0.2, 0.25) is 0 Å². The Hall–Kier alpha value is -2.62. The molecule has 4 nitrogen and oxygen atoms in total. The highest BCUT2D eigenvalue weighted by Crippen LogP contribution is 2.12. The number of nitrogens with zero attached hydrogens (tertiary/aromatic N) is 4. The van der Waals surface area contributed by atoms with Crippen molar-refractivity contribution in [3.05, 3.63) is 78.9 Å². The second-order valence-corrected chi connectivity index (χ2v) is 4.16. The summed E-state index contributed by atoms with van der Waals surface area (Å²) >= 11 is 0. The van der Waals surface area contributed by atoms with Crippen LogP contribution in [0.15, 0.2) is 73.3 Å². The Balaban J connectivity index is 1.91. The Bertz CT molecular complexity index is 590. The number of allylic oxidation sites excluding steroid dienone is 1. The van der Waals surface area contributed by atoms with Crippen molar-refractivity contribution in [1.29, 1.82) is 0 Å². The van der Waals surface area contributed by atoms with Crippen molar-refractivity contribution in [1.82, 2.24) is 19.6 Å². The van der Waals surface area contributed by atoms with E-state index >= 15 is 0 Å². The molecule has 0 aliphatic heterocycles. The first-order valence-electron chi connectivity index (χ1n) is 6.15. The first kappa shape index (κ1) is 11.5. The molecule has 3 aromatic rings. The van der Waals surface area contributed by atoms with Crippen LogP contribution in [0.1, 0.15) is 11.7 Å². The highest BCUT2D eigenvalue weighted by Gasteiger charge is 2.08. The molecule has 2 heterocycles. The Morgan fingerprint density at radius 2 is 1.47 bits per heavy atom. The van der Waals surface area contributed by atoms with Crippen LogP contribution in [-0.4, -0.2) is 19.6 Å². The monoisotopic (exact) mass is 250 g/mol. The minimum absolute atomic E-state index is 0.0507. The molecule has 0 unspecified atom stereocenters. The van der Waals surface area contributed by atoms with E-state index in [4.69, 9.17) is 0 Å². The molecule has 0 radical (unpaired) electrons. The smallest absolute Gasteiger partial charge is 0.162 e. The molecule has 0 spiro atoms. The summed E-state index contributed by atoms with van der Waals surface area (Å²) in [7, 11) is 0. The van der Waals surface area contributed by atoms with E-state index in [1.165, 1.54) is 0 Å². The minimum Gasteiger partial charge on any atom is -0.244 e. The maximum absolute atomic E-state index is 4.29. The normalized spacial score (nSPS) is 11.4. The molecule has 3 rings (SSSR count). The molecule has 94 valence electrons. The van der Waals surface area contributed by atoms with Gasteiger partial charge in [-0.05, 0) is 23.8 Å². The lowest BCUT2D eigenvalue weighted by Crippen LogP contribution is -2.16. The van der Waals surface area contributed by atoms with Gasteiger partial charge in [-0.2, -0.15) is 10.2 Å². The van der Waals surface area contributed by atoms with E-state index in [-0.39, 0.29) is 6.17 Å². The Morgan fingerprint density at radius 1 is 0.842 bits per heavy atom. The fourth-order valence-electron chi connectivity index (χ4n) is 1.93. The quantitative estimate of drug-likeness (QED) is 0.713. The van der Waals surface area contributed by atoms with E-state index in [9.17, 15) is 0 Å². The van der Waals surface area contributed by atoms with Crippen LogP contribution in [0, 0.1) is 0 Å². The van der Waals surface area contributed by atoms with E-state index in [1.807, 2.05) is 52.1 Å². The summed E-state index contributed by atoms with van der Waals surface area (Å²) in [5.41, 5.74) is 1.16. The molecule has 0 aliphatic carbocycles. The van der Waals surface area contributed by atoms with Gasteiger partial charge in [0.05, 0.1) is 0 Å². The molecular formula is C15H14N4.